The lowest BCUT2D eigenvalue weighted by atomic mass is 10.4. The molecule has 3 aromatic rings. The van der Waals surface area contributed by atoms with Crippen LogP contribution in [0.4, 0.5) is 30.7 Å². The Labute approximate surface area is 149 Å². The van der Waals surface area contributed by atoms with Crippen LogP contribution < -0.4 is 0 Å². The summed E-state index contributed by atoms with van der Waals surface area (Å²) in [4.78, 5) is 3.65. The van der Waals surface area contributed by atoms with Crippen LogP contribution in [-0.2, 0) is 12.4 Å². The molecule has 0 saturated heterocycles. The third-order valence-corrected chi connectivity index (χ3v) is 3.12. The Morgan fingerprint density at radius 1 is 1.04 bits per heavy atom. The maximum Gasteiger partial charge on any atom is 0.435 e. The molecule has 0 unspecified atom stereocenters. The Morgan fingerprint density at radius 2 is 1.73 bits per heavy atom. The number of nitrogens with zero attached hydrogens (tertiary/aromatic N) is 4. The number of hydrogen-bond acceptors (Lipinski definition) is 3. The van der Waals surface area contributed by atoms with Gasteiger partial charge in [-0.05, 0) is 34.1 Å². The molecule has 0 fully saturated rings. The minimum atomic E-state index is -4.56. The zero-order valence-electron chi connectivity index (χ0n) is 12.3. The molecule has 0 saturated carbocycles. The lowest BCUT2D eigenvalue weighted by Gasteiger charge is -2.03. The summed E-state index contributed by atoms with van der Waals surface area (Å²) in [6.07, 6.45) is -5.52. The molecule has 0 radical (unpaired) electrons. The van der Waals surface area contributed by atoms with E-state index in [4.69, 9.17) is 0 Å². The Kier molecular flexibility index (Phi) is 5.68. The quantitative estimate of drug-likeness (QED) is 0.556. The third-order valence-electron chi connectivity index (χ3n) is 2.69. The van der Waals surface area contributed by atoms with Crippen LogP contribution in [0.2, 0.25) is 0 Å². The highest BCUT2D eigenvalue weighted by Crippen LogP contribution is 2.28. The number of H-pyrrole nitrogens is 1. The Morgan fingerprint density at radius 3 is 2.15 bits per heavy atom. The van der Waals surface area contributed by atoms with Gasteiger partial charge in [0, 0.05) is 23.1 Å². The van der Waals surface area contributed by atoms with Crippen LogP contribution in [0.5, 0.6) is 0 Å². The number of alkyl halides is 6. The molecule has 5 nitrogen and oxygen atoms in total. The normalized spacial score (nSPS) is 11.8. The van der Waals surface area contributed by atoms with E-state index in [0.29, 0.717) is 4.47 Å². The van der Waals surface area contributed by atoms with Crippen molar-refractivity contribution in [2.24, 2.45) is 0 Å². The zero-order valence-corrected chi connectivity index (χ0v) is 13.9. The summed E-state index contributed by atoms with van der Waals surface area (Å²) in [6, 6.07) is 2.72. The van der Waals surface area contributed by atoms with Gasteiger partial charge in [0.1, 0.15) is 5.69 Å². The molecule has 0 aliphatic carbocycles. The molecule has 3 rings (SSSR count). The molecule has 0 spiro atoms. The lowest BCUT2D eigenvalue weighted by molar-refractivity contribution is -0.142. The van der Waals surface area contributed by atoms with Crippen molar-refractivity contribution < 1.29 is 30.7 Å². The molecule has 1 N–H and O–H groups in total. The van der Waals surface area contributed by atoms with Gasteiger partial charge in [-0.2, -0.15) is 36.5 Å². The van der Waals surface area contributed by atoms with E-state index in [9.17, 15) is 30.7 Å². The van der Waals surface area contributed by atoms with Gasteiger partial charge in [0.15, 0.2) is 17.3 Å². The van der Waals surface area contributed by atoms with Crippen LogP contribution in [-0.4, -0.2) is 25.0 Å². The number of aromatic amines is 1. The molecule has 3 heterocycles. The monoisotopic (exact) mass is 445 g/mol. The molecule has 26 heavy (non-hydrogen) atoms. The van der Waals surface area contributed by atoms with Gasteiger partial charge in [-0.1, -0.05) is 0 Å². The SMILES string of the molecule is FC(F)(F)c1ccn[nH]1.Fc1cc(Br)cnc1-n1ccc(C(F)(F)F)n1. The topological polar surface area (TPSA) is 59.4 Å². The Bertz CT molecular complexity index is 855. The highest BCUT2D eigenvalue weighted by Gasteiger charge is 2.34. The summed E-state index contributed by atoms with van der Waals surface area (Å²) in [5, 5.41) is 8.16. The summed E-state index contributed by atoms with van der Waals surface area (Å²) in [5.41, 5.74) is -1.91. The number of halogens is 8. The predicted octanol–water partition coefficient (Wildman–Crippen LogP) is 4.62. The second-order valence-electron chi connectivity index (χ2n) is 4.57. The molecule has 0 atom stereocenters. The van der Waals surface area contributed by atoms with Crippen LogP contribution in [0.1, 0.15) is 11.4 Å². The first kappa shape index (κ1) is 19.9. The van der Waals surface area contributed by atoms with Gasteiger partial charge in [-0.25, -0.2) is 14.1 Å². The number of aromatic nitrogens is 5. The molecule has 13 heteroatoms. The van der Waals surface area contributed by atoms with Crippen molar-refractivity contribution in [2.75, 3.05) is 0 Å². The fourth-order valence-electron chi connectivity index (χ4n) is 1.58. The number of rotatable bonds is 1. The molecule has 0 aliphatic heterocycles. The van der Waals surface area contributed by atoms with E-state index < -0.39 is 29.6 Å². The van der Waals surface area contributed by atoms with Gasteiger partial charge in [0.25, 0.3) is 0 Å². The average Bonchev–Trinajstić information content (AvgIpc) is 3.18. The molecule has 140 valence electrons. The largest absolute Gasteiger partial charge is 0.435 e. The second kappa shape index (κ2) is 7.43. The highest BCUT2D eigenvalue weighted by atomic mass is 79.9. The van der Waals surface area contributed by atoms with Crippen molar-refractivity contribution in [1.29, 1.82) is 0 Å². The second-order valence-corrected chi connectivity index (χ2v) is 5.49. The molecular formula is C13H7BrF7N5. The fraction of sp³-hybridized carbons (Fsp3) is 0.154. The molecule has 0 bridgehead atoms. The van der Waals surface area contributed by atoms with Gasteiger partial charge in [0.05, 0.1) is 0 Å². The first-order valence-electron chi connectivity index (χ1n) is 6.49. The summed E-state index contributed by atoms with van der Waals surface area (Å²) < 4.78 is 86.0. The van der Waals surface area contributed by atoms with Gasteiger partial charge < -0.3 is 0 Å². The van der Waals surface area contributed by atoms with Gasteiger partial charge in [-0.3, -0.25) is 5.10 Å². The maximum atomic E-state index is 13.4. The number of nitrogens with one attached hydrogen (secondary N) is 1. The smallest absolute Gasteiger partial charge is 0.274 e. The molecule has 0 aromatic carbocycles. The van der Waals surface area contributed by atoms with Crippen LogP contribution in [0.3, 0.4) is 0 Å². The van der Waals surface area contributed by atoms with E-state index in [-0.39, 0.29) is 5.82 Å². The van der Waals surface area contributed by atoms with Crippen LogP contribution in [0.25, 0.3) is 5.82 Å². The van der Waals surface area contributed by atoms with Gasteiger partial charge in [-0.15, -0.1) is 0 Å². The number of hydrogen-bond donors (Lipinski definition) is 1. The van der Waals surface area contributed by atoms with Crippen molar-refractivity contribution in [2.45, 2.75) is 12.4 Å². The predicted molar refractivity (Wildman–Crippen MR) is 77.6 cm³/mol. The third kappa shape index (κ3) is 5.03. The minimum absolute atomic E-state index is 0.288. The van der Waals surface area contributed by atoms with Crippen molar-refractivity contribution in [3.05, 3.63) is 58.5 Å². The summed E-state index contributed by atoms with van der Waals surface area (Å²) >= 11 is 2.99. The van der Waals surface area contributed by atoms with E-state index in [1.165, 1.54) is 6.20 Å². The first-order chi connectivity index (χ1) is 12.0. The fourth-order valence-corrected chi connectivity index (χ4v) is 1.89. The molecule has 0 amide bonds. The van der Waals surface area contributed by atoms with Crippen LogP contribution in [0, 0.1) is 5.82 Å². The van der Waals surface area contributed by atoms with E-state index >= 15 is 0 Å². The van der Waals surface area contributed by atoms with Crippen molar-refractivity contribution in [3.8, 4) is 5.82 Å². The summed E-state index contributed by atoms with van der Waals surface area (Å²) in [5.74, 6) is -1.06. The highest BCUT2D eigenvalue weighted by molar-refractivity contribution is 9.10. The van der Waals surface area contributed by atoms with Crippen molar-refractivity contribution in [3.63, 3.8) is 0 Å². The number of pyridine rings is 1. The molecule has 0 aliphatic rings. The molecule has 3 aromatic heterocycles. The van der Waals surface area contributed by atoms with E-state index in [0.717, 1.165) is 35.3 Å². The Hall–Kier alpha value is -2.44. The summed E-state index contributed by atoms with van der Waals surface area (Å²) in [6.45, 7) is 0. The summed E-state index contributed by atoms with van der Waals surface area (Å²) in [7, 11) is 0. The first-order valence-corrected chi connectivity index (χ1v) is 7.28. The van der Waals surface area contributed by atoms with Gasteiger partial charge >= 0.3 is 12.4 Å². The van der Waals surface area contributed by atoms with E-state index in [1.807, 2.05) is 0 Å². The average molecular weight is 446 g/mol. The van der Waals surface area contributed by atoms with Crippen molar-refractivity contribution >= 4 is 15.9 Å². The maximum absolute atomic E-state index is 13.4. The van der Waals surface area contributed by atoms with E-state index in [1.54, 1.807) is 5.10 Å². The standard InChI is InChI=1S/C9H4BrF4N3.C4H3F3N2/c10-5-3-6(11)8(15-4-5)17-2-1-7(16-17)9(12,13)14;5-4(6,7)3-1-2-8-9-3/h1-4H;1-2H,(H,8,9). The van der Waals surface area contributed by atoms with Crippen LogP contribution >= 0.6 is 15.9 Å². The van der Waals surface area contributed by atoms with Gasteiger partial charge in [0.2, 0.25) is 0 Å². The lowest BCUT2D eigenvalue weighted by Crippen LogP contribution is -2.08. The van der Waals surface area contributed by atoms with Crippen molar-refractivity contribution in [1.82, 2.24) is 25.0 Å². The molecular weight excluding hydrogens is 439 g/mol. The van der Waals surface area contributed by atoms with Crippen LogP contribution in [0.15, 0.2) is 41.3 Å². The zero-order chi connectivity index (χ0) is 19.5. The van der Waals surface area contributed by atoms with E-state index in [2.05, 4.69) is 31.1 Å². The Balaban J connectivity index is 0.000000228. The minimum Gasteiger partial charge on any atom is -0.274 e.